The van der Waals surface area contributed by atoms with Gasteiger partial charge in [-0.2, -0.15) is 11.8 Å². The minimum atomic E-state index is -3.09. The van der Waals surface area contributed by atoms with Crippen molar-refractivity contribution in [3.8, 4) is 0 Å². The predicted molar refractivity (Wildman–Crippen MR) is 90.0 cm³/mol. The van der Waals surface area contributed by atoms with E-state index < -0.39 is 15.2 Å². The van der Waals surface area contributed by atoms with E-state index in [0.717, 1.165) is 28.0 Å². The zero-order chi connectivity index (χ0) is 14.8. The number of anilines is 1. The molecular weight excluding hydrogens is 360 g/mol. The molecule has 112 valence electrons. The van der Waals surface area contributed by atoms with Gasteiger partial charge in [0.2, 0.25) is 0 Å². The maximum Gasteiger partial charge on any atom is 0.171 e. The molecule has 2 N–H and O–H groups in total. The van der Waals surface area contributed by atoms with Crippen LogP contribution in [-0.4, -0.2) is 37.6 Å². The van der Waals surface area contributed by atoms with Crippen molar-refractivity contribution in [1.82, 2.24) is 0 Å². The van der Waals surface area contributed by atoms with E-state index in [1.807, 2.05) is 23.1 Å². The highest BCUT2D eigenvalue weighted by Crippen LogP contribution is 2.33. The standard InChI is InChI=1S/C13H19BrN2O2S2/c1-2-20(17,18)13-9-19-6-5-16(13)12-4-3-10(8-15)7-11(12)14/h3-4,7,13H,2,5-6,8-9,15H2,1H3. The van der Waals surface area contributed by atoms with Crippen LogP contribution in [0.4, 0.5) is 5.69 Å². The minimum absolute atomic E-state index is 0.174. The van der Waals surface area contributed by atoms with Gasteiger partial charge in [-0.25, -0.2) is 8.42 Å². The molecule has 4 nitrogen and oxygen atoms in total. The first-order valence-electron chi connectivity index (χ1n) is 6.54. The summed E-state index contributed by atoms with van der Waals surface area (Å²) in [6, 6.07) is 5.88. The van der Waals surface area contributed by atoms with Gasteiger partial charge >= 0.3 is 0 Å². The number of halogens is 1. The molecule has 0 aliphatic carbocycles. The maximum atomic E-state index is 12.3. The van der Waals surface area contributed by atoms with Crippen LogP contribution < -0.4 is 10.6 Å². The third-order valence-corrected chi connectivity index (χ3v) is 7.38. The van der Waals surface area contributed by atoms with E-state index in [-0.39, 0.29) is 5.75 Å². The first-order valence-corrected chi connectivity index (χ1v) is 10.2. The smallest absolute Gasteiger partial charge is 0.171 e. The lowest BCUT2D eigenvalue weighted by Crippen LogP contribution is -2.48. The second-order valence-electron chi connectivity index (χ2n) is 4.66. The summed E-state index contributed by atoms with van der Waals surface area (Å²) in [7, 11) is -3.09. The zero-order valence-electron chi connectivity index (χ0n) is 11.4. The lowest BCUT2D eigenvalue weighted by atomic mass is 10.2. The molecule has 1 unspecified atom stereocenters. The van der Waals surface area contributed by atoms with Gasteiger partial charge < -0.3 is 10.6 Å². The minimum Gasteiger partial charge on any atom is -0.353 e. The molecule has 0 aromatic heterocycles. The number of nitrogens with zero attached hydrogens (tertiary/aromatic N) is 1. The van der Waals surface area contributed by atoms with E-state index in [1.165, 1.54) is 0 Å². The Labute approximate surface area is 133 Å². The van der Waals surface area contributed by atoms with Crippen LogP contribution in [0.25, 0.3) is 0 Å². The monoisotopic (exact) mass is 378 g/mol. The number of sulfone groups is 1. The van der Waals surface area contributed by atoms with Gasteiger partial charge in [-0.3, -0.25) is 0 Å². The highest BCUT2D eigenvalue weighted by molar-refractivity contribution is 9.10. The zero-order valence-corrected chi connectivity index (χ0v) is 14.6. The number of rotatable bonds is 4. The Morgan fingerprint density at radius 3 is 2.85 bits per heavy atom. The van der Waals surface area contributed by atoms with Crippen LogP contribution in [0.1, 0.15) is 12.5 Å². The Balaban J connectivity index is 2.38. The van der Waals surface area contributed by atoms with Crippen LogP contribution in [0.2, 0.25) is 0 Å². The van der Waals surface area contributed by atoms with Gasteiger partial charge in [0, 0.05) is 34.8 Å². The number of hydrogen-bond donors (Lipinski definition) is 1. The molecule has 1 aliphatic heterocycles. The molecule has 0 amide bonds. The number of benzene rings is 1. The van der Waals surface area contributed by atoms with Crippen LogP contribution >= 0.6 is 27.7 Å². The number of nitrogens with two attached hydrogens (primary N) is 1. The average molecular weight is 379 g/mol. The summed E-state index contributed by atoms with van der Waals surface area (Å²) in [5.41, 5.74) is 7.60. The summed E-state index contributed by atoms with van der Waals surface area (Å²) in [6.07, 6.45) is 0. The van der Waals surface area contributed by atoms with Crippen LogP contribution in [0.3, 0.4) is 0 Å². The SMILES string of the molecule is CCS(=O)(=O)C1CSCCN1c1ccc(CN)cc1Br. The van der Waals surface area contributed by atoms with Gasteiger partial charge in [-0.1, -0.05) is 13.0 Å². The molecule has 1 heterocycles. The van der Waals surface area contributed by atoms with Crippen molar-refractivity contribution >= 4 is 43.2 Å². The van der Waals surface area contributed by atoms with Gasteiger partial charge in [0.25, 0.3) is 0 Å². The molecule has 1 aromatic carbocycles. The summed E-state index contributed by atoms with van der Waals surface area (Å²) in [5.74, 6) is 1.75. The fraction of sp³-hybridized carbons (Fsp3) is 0.538. The van der Waals surface area contributed by atoms with Crippen molar-refractivity contribution in [3.63, 3.8) is 0 Å². The van der Waals surface area contributed by atoms with Crippen LogP contribution in [0.15, 0.2) is 22.7 Å². The largest absolute Gasteiger partial charge is 0.353 e. The highest BCUT2D eigenvalue weighted by Gasteiger charge is 2.33. The fourth-order valence-electron chi connectivity index (χ4n) is 2.26. The third kappa shape index (κ3) is 3.32. The average Bonchev–Trinajstić information content (AvgIpc) is 2.47. The predicted octanol–water partition coefficient (Wildman–Crippen LogP) is 2.22. The van der Waals surface area contributed by atoms with Crippen LogP contribution in [0.5, 0.6) is 0 Å². The molecule has 0 saturated carbocycles. The van der Waals surface area contributed by atoms with Gasteiger partial charge in [-0.05, 0) is 33.6 Å². The quantitative estimate of drug-likeness (QED) is 0.869. The maximum absolute atomic E-state index is 12.3. The summed E-state index contributed by atoms with van der Waals surface area (Å²) in [6.45, 7) is 2.93. The number of hydrogen-bond acceptors (Lipinski definition) is 5. The first-order chi connectivity index (χ1) is 9.49. The van der Waals surface area contributed by atoms with Gasteiger partial charge in [0.15, 0.2) is 9.84 Å². The number of thioether (sulfide) groups is 1. The summed E-state index contributed by atoms with van der Waals surface area (Å²) < 4.78 is 25.5. The molecule has 0 spiro atoms. The Bertz CT molecular complexity index is 578. The van der Waals surface area contributed by atoms with E-state index in [9.17, 15) is 8.42 Å². The van der Waals surface area contributed by atoms with E-state index in [0.29, 0.717) is 12.3 Å². The normalized spacial score (nSPS) is 20.1. The molecule has 20 heavy (non-hydrogen) atoms. The molecule has 2 rings (SSSR count). The molecule has 0 bridgehead atoms. The van der Waals surface area contributed by atoms with Crippen molar-refractivity contribution in [3.05, 3.63) is 28.2 Å². The van der Waals surface area contributed by atoms with Crippen molar-refractivity contribution in [2.24, 2.45) is 5.73 Å². The molecule has 1 fully saturated rings. The summed E-state index contributed by atoms with van der Waals surface area (Å²) >= 11 is 5.24. The Morgan fingerprint density at radius 2 is 2.25 bits per heavy atom. The topological polar surface area (TPSA) is 63.4 Å². The molecule has 1 saturated heterocycles. The van der Waals surface area contributed by atoms with E-state index in [1.54, 1.807) is 18.7 Å². The second-order valence-corrected chi connectivity index (χ2v) is 9.12. The lowest BCUT2D eigenvalue weighted by molar-refractivity contribution is 0.579. The molecular formula is C13H19BrN2O2S2. The Kier molecular flexibility index (Phi) is 5.39. The van der Waals surface area contributed by atoms with Gasteiger partial charge in [0.05, 0.1) is 5.69 Å². The van der Waals surface area contributed by atoms with E-state index in [2.05, 4.69) is 15.9 Å². The molecule has 1 atom stereocenters. The Hall–Kier alpha value is -0.240. The van der Waals surface area contributed by atoms with Crippen molar-refractivity contribution < 1.29 is 8.42 Å². The van der Waals surface area contributed by atoms with E-state index in [4.69, 9.17) is 5.73 Å². The van der Waals surface area contributed by atoms with Crippen molar-refractivity contribution in [2.45, 2.75) is 18.8 Å². The van der Waals surface area contributed by atoms with Crippen LogP contribution in [0, 0.1) is 0 Å². The molecule has 1 aromatic rings. The van der Waals surface area contributed by atoms with Gasteiger partial charge in [0.1, 0.15) is 5.37 Å². The summed E-state index contributed by atoms with van der Waals surface area (Å²) in [5, 5.41) is -0.439. The summed E-state index contributed by atoms with van der Waals surface area (Å²) in [4.78, 5) is 2.00. The Morgan fingerprint density at radius 1 is 1.50 bits per heavy atom. The lowest BCUT2D eigenvalue weighted by Gasteiger charge is -2.37. The second kappa shape index (κ2) is 6.68. The van der Waals surface area contributed by atoms with Crippen molar-refractivity contribution in [1.29, 1.82) is 0 Å². The van der Waals surface area contributed by atoms with Crippen molar-refractivity contribution in [2.75, 3.05) is 28.7 Å². The first kappa shape index (κ1) is 16.1. The highest BCUT2D eigenvalue weighted by atomic mass is 79.9. The molecule has 1 aliphatic rings. The van der Waals surface area contributed by atoms with Gasteiger partial charge in [-0.15, -0.1) is 0 Å². The molecule has 0 radical (unpaired) electrons. The van der Waals surface area contributed by atoms with E-state index >= 15 is 0 Å². The molecule has 7 heteroatoms. The third-order valence-electron chi connectivity index (χ3n) is 3.46. The van der Waals surface area contributed by atoms with Crippen LogP contribution in [-0.2, 0) is 16.4 Å². The fourth-order valence-corrected chi connectivity index (χ4v) is 5.89.